The molecule has 5 unspecified atom stereocenters. The van der Waals surface area contributed by atoms with Gasteiger partial charge in [-0.1, -0.05) is 153 Å². The van der Waals surface area contributed by atoms with Gasteiger partial charge >= 0.3 is 0 Å². The monoisotopic (exact) mass is 775 g/mol. The van der Waals surface area contributed by atoms with Gasteiger partial charge < -0.3 is 4.90 Å². The van der Waals surface area contributed by atoms with Crippen LogP contribution in [0, 0.1) is 29.6 Å². The average Bonchev–Trinajstić information content (AvgIpc) is 3.94. The minimum Gasteiger partial charge on any atom is -0.310 e. The highest BCUT2D eigenvalue weighted by Gasteiger charge is 2.62. The van der Waals surface area contributed by atoms with E-state index in [9.17, 15) is 0 Å². The number of hydrogen-bond donors (Lipinski definition) is 0. The summed E-state index contributed by atoms with van der Waals surface area (Å²) in [7, 11) is 0. The number of fused-ring (bicyclic) bond motifs is 9. The van der Waals surface area contributed by atoms with Crippen LogP contribution in [0.5, 0.6) is 0 Å². The number of benzene rings is 7. The zero-order chi connectivity index (χ0) is 39.6. The maximum Gasteiger partial charge on any atom is 0.0543 e. The van der Waals surface area contributed by atoms with E-state index in [0.29, 0.717) is 11.8 Å². The average molecular weight is 776 g/mol. The molecule has 2 spiro atoms. The summed E-state index contributed by atoms with van der Waals surface area (Å²) in [5.41, 5.74) is 21.1. The Kier molecular flexibility index (Phi) is 7.71. The molecule has 60 heavy (non-hydrogen) atoms. The summed E-state index contributed by atoms with van der Waals surface area (Å²) in [6.07, 6.45) is 12.0. The maximum atomic E-state index is 2.68. The molecule has 0 heterocycles. The van der Waals surface area contributed by atoms with Crippen LogP contribution in [-0.2, 0) is 10.8 Å². The Balaban J connectivity index is 1.08. The first kappa shape index (κ1) is 35.1. The minimum atomic E-state index is 0.0680. The second-order valence-electron chi connectivity index (χ2n) is 19.5. The van der Waals surface area contributed by atoms with Gasteiger partial charge in [0.25, 0.3) is 0 Å². The smallest absolute Gasteiger partial charge is 0.0543 e. The van der Waals surface area contributed by atoms with Crippen LogP contribution >= 0.6 is 0 Å². The lowest BCUT2D eigenvalue weighted by Crippen LogP contribution is -2.51. The van der Waals surface area contributed by atoms with Crippen molar-refractivity contribution < 1.29 is 0 Å². The van der Waals surface area contributed by atoms with E-state index in [2.05, 4.69) is 176 Å². The van der Waals surface area contributed by atoms with E-state index in [-0.39, 0.29) is 10.8 Å². The molecular weight excluding hydrogens is 723 g/mol. The van der Waals surface area contributed by atoms with Crippen molar-refractivity contribution >= 4 is 17.1 Å². The van der Waals surface area contributed by atoms with Gasteiger partial charge in [0.1, 0.15) is 0 Å². The molecule has 0 radical (unpaired) electrons. The Hall–Kier alpha value is -5.66. The van der Waals surface area contributed by atoms with Gasteiger partial charge in [-0.15, -0.1) is 0 Å². The molecule has 294 valence electrons. The predicted octanol–water partition coefficient (Wildman–Crippen LogP) is 15.7. The highest BCUT2D eigenvalue weighted by Crippen LogP contribution is 2.70. The lowest BCUT2D eigenvalue weighted by molar-refractivity contribution is 0.0174. The van der Waals surface area contributed by atoms with Gasteiger partial charge in [0.2, 0.25) is 0 Å². The molecule has 14 rings (SSSR count). The Bertz CT molecular complexity index is 2810. The molecule has 0 aliphatic heterocycles. The van der Waals surface area contributed by atoms with E-state index in [1.54, 1.807) is 16.7 Å². The normalized spacial score (nSPS) is 25.9. The van der Waals surface area contributed by atoms with Gasteiger partial charge in [0, 0.05) is 27.8 Å². The molecule has 5 saturated carbocycles. The summed E-state index contributed by atoms with van der Waals surface area (Å²) in [6.45, 7) is 2.64. The summed E-state index contributed by atoms with van der Waals surface area (Å²) in [6, 6.07) is 63.4. The molecular formula is C59H53N. The fourth-order valence-corrected chi connectivity index (χ4v) is 14.8. The molecule has 7 aromatic rings. The minimum absolute atomic E-state index is 0.0680. The Morgan fingerprint density at radius 1 is 0.483 bits per heavy atom. The molecule has 0 aromatic heterocycles. The molecule has 0 N–H and O–H groups in total. The molecule has 0 saturated heterocycles. The first-order valence-corrected chi connectivity index (χ1v) is 23.2. The van der Waals surface area contributed by atoms with Crippen LogP contribution in [0.25, 0.3) is 44.5 Å². The van der Waals surface area contributed by atoms with Crippen LogP contribution in [-0.4, -0.2) is 0 Å². The van der Waals surface area contributed by atoms with Crippen molar-refractivity contribution in [2.75, 3.05) is 4.90 Å². The lowest BCUT2D eigenvalue weighted by Gasteiger charge is -2.55. The molecule has 4 bridgehead atoms. The zero-order valence-electron chi connectivity index (χ0n) is 34.8. The number of anilines is 3. The van der Waals surface area contributed by atoms with Crippen LogP contribution in [0.2, 0.25) is 0 Å². The van der Waals surface area contributed by atoms with Crippen LogP contribution in [0.15, 0.2) is 164 Å². The maximum absolute atomic E-state index is 2.68. The standard InChI is InChI=1S/C59H53N/c1-38-42-25-26-43-34-39(33-42)35-54(38)59(43)52-22-11-9-20-49(52)57-53(59)23-14-24-56(57)60(44-27-29-46(40-15-4-2-5-16-40)50(36-44)41-17-6-3-7-18-41)45-28-30-48-47-19-8-10-21-51(47)58(55(48)37-45)31-12-13-32-58/h2-11,14-24,27-30,36-39,42-43,54H,12-13,25-26,31-35H2,1H3/t38-,39?,42?,43?,54?,59?/m0/s1. The van der Waals surface area contributed by atoms with Crippen molar-refractivity contribution in [3.8, 4) is 44.5 Å². The van der Waals surface area contributed by atoms with Crippen molar-refractivity contribution in [1.82, 2.24) is 0 Å². The summed E-state index contributed by atoms with van der Waals surface area (Å²) in [4.78, 5) is 2.68. The Morgan fingerprint density at radius 3 is 1.90 bits per heavy atom. The van der Waals surface area contributed by atoms with Crippen molar-refractivity contribution in [2.24, 2.45) is 29.6 Å². The molecule has 7 aliphatic rings. The molecule has 6 atom stereocenters. The first-order valence-electron chi connectivity index (χ1n) is 23.2. The fourth-order valence-electron chi connectivity index (χ4n) is 14.8. The highest BCUT2D eigenvalue weighted by molar-refractivity contribution is 5.98. The molecule has 5 fully saturated rings. The van der Waals surface area contributed by atoms with E-state index in [0.717, 1.165) is 17.8 Å². The van der Waals surface area contributed by atoms with Crippen LogP contribution in [0.1, 0.15) is 87.0 Å². The number of rotatable bonds is 5. The van der Waals surface area contributed by atoms with Crippen molar-refractivity contribution in [3.05, 3.63) is 186 Å². The summed E-state index contributed by atoms with van der Waals surface area (Å²) < 4.78 is 0. The lowest BCUT2D eigenvalue weighted by atomic mass is 9.48. The van der Waals surface area contributed by atoms with Crippen molar-refractivity contribution in [2.45, 2.75) is 75.5 Å². The van der Waals surface area contributed by atoms with E-state index in [4.69, 9.17) is 0 Å². The van der Waals surface area contributed by atoms with Crippen LogP contribution < -0.4 is 4.90 Å². The fraction of sp³-hybridized carbons (Fsp3) is 0.288. The molecule has 7 aromatic carbocycles. The summed E-state index contributed by atoms with van der Waals surface area (Å²) >= 11 is 0. The van der Waals surface area contributed by atoms with Gasteiger partial charge in [0.15, 0.2) is 0 Å². The van der Waals surface area contributed by atoms with Gasteiger partial charge in [-0.3, -0.25) is 0 Å². The van der Waals surface area contributed by atoms with Gasteiger partial charge in [0.05, 0.1) is 5.69 Å². The third-order valence-electron chi connectivity index (χ3n) is 17.1. The molecule has 1 nitrogen and oxygen atoms in total. The molecule has 7 aliphatic carbocycles. The zero-order valence-corrected chi connectivity index (χ0v) is 34.8. The third-order valence-corrected chi connectivity index (χ3v) is 17.1. The highest BCUT2D eigenvalue weighted by atomic mass is 15.1. The van der Waals surface area contributed by atoms with Gasteiger partial charge in [-0.2, -0.15) is 0 Å². The molecule has 1 heteroatoms. The quantitative estimate of drug-likeness (QED) is 0.168. The Labute approximate surface area is 356 Å². The van der Waals surface area contributed by atoms with Crippen molar-refractivity contribution in [1.29, 1.82) is 0 Å². The summed E-state index contributed by atoms with van der Waals surface area (Å²) in [5.74, 6) is 3.88. The second kappa shape index (κ2) is 13.2. The van der Waals surface area contributed by atoms with Gasteiger partial charge in [-0.05, 0) is 166 Å². The van der Waals surface area contributed by atoms with Gasteiger partial charge in [-0.25, -0.2) is 0 Å². The third kappa shape index (κ3) is 4.75. The van der Waals surface area contributed by atoms with E-state index >= 15 is 0 Å². The number of hydrogen-bond acceptors (Lipinski definition) is 1. The van der Waals surface area contributed by atoms with E-state index < -0.39 is 0 Å². The molecule has 0 amide bonds. The first-order chi connectivity index (χ1) is 29.6. The predicted molar refractivity (Wildman–Crippen MR) is 249 cm³/mol. The number of nitrogens with zero attached hydrogens (tertiary/aromatic N) is 1. The van der Waals surface area contributed by atoms with E-state index in [1.165, 1.54) is 125 Å². The van der Waals surface area contributed by atoms with Crippen LogP contribution in [0.4, 0.5) is 17.1 Å². The van der Waals surface area contributed by atoms with E-state index in [1.807, 2.05) is 0 Å². The van der Waals surface area contributed by atoms with Crippen molar-refractivity contribution in [3.63, 3.8) is 0 Å². The SMILES string of the molecule is C[C@H]1C2CCC3CC(C2)CC1C31c2ccccc2-c2c(N(c3ccc(-c4ccccc4)c(-c4ccccc4)c3)c3ccc4c(c3)C3(CCCC3)c3ccccc3-4)cccc21. The summed E-state index contributed by atoms with van der Waals surface area (Å²) in [5, 5.41) is 0. The second-order valence-corrected chi connectivity index (χ2v) is 19.5. The van der Waals surface area contributed by atoms with Crippen LogP contribution in [0.3, 0.4) is 0 Å². The topological polar surface area (TPSA) is 3.24 Å². The largest absolute Gasteiger partial charge is 0.310 e. The Morgan fingerprint density at radius 2 is 1.12 bits per heavy atom.